The zero-order valence-electron chi connectivity index (χ0n) is 18.4. The van der Waals surface area contributed by atoms with Gasteiger partial charge in [-0.05, 0) is 18.1 Å². The molecule has 1 N–H and O–H groups in total. The molecule has 3 rings (SSSR count). The number of nitrogens with zero attached hydrogens (tertiary/aromatic N) is 2. The van der Waals surface area contributed by atoms with Gasteiger partial charge >= 0.3 is 0 Å². The van der Waals surface area contributed by atoms with E-state index in [1.807, 2.05) is 12.1 Å². The van der Waals surface area contributed by atoms with Gasteiger partial charge < -0.3 is 24.1 Å². The van der Waals surface area contributed by atoms with Gasteiger partial charge in [-0.1, -0.05) is 12.1 Å². The zero-order chi connectivity index (χ0) is 23.1. The van der Waals surface area contributed by atoms with Crippen molar-refractivity contribution in [3.8, 4) is 23.0 Å². The number of nitro groups is 1. The number of ether oxygens (including phenoxy) is 4. The van der Waals surface area contributed by atoms with Crippen molar-refractivity contribution in [2.24, 2.45) is 0 Å². The highest BCUT2D eigenvalue weighted by molar-refractivity contribution is 5.77. The Morgan fingerprint density at radius 2 is 1.81 bits per heavy atom. The maximum Gasteiger partial charge on any atom is 0.273 e. The van der Waals surface area contributed by atoms with Crippen LogP contribution in [0.4, 0.5) is 5.69 Å². The molecule has 0 amide bonds. The fourth-order valence-electron chi connectivity index (χ4n) is 3.66. The molecular weight excluding hydrogens is 416 g/mol. The molecule has 0 fully saturated rings. The van der Waals surface area contributed by atoms with Gasteiger partial charge in [0.2, 0.25) is 0 Å². The van der Waals surface area contributed by atoms with Gasteiger partial charge in [0, 0.05) is 37.8 Å². The lowest BCUT2D eigenvalue weighted by atomic mass is 9.97. The number of aliphatic hydroxyl groups excluding tert-OH is 1. The Bertz CT molecular complexity index is 952. The van der Waals surface area contributed by atoms with E-state index in [1.54, 1.807) is 33.5 Å². The molecular formula is C23H28N2O7. The first-order chi connectivity index (χ1) is 15.4. The normalized spacial score (nSPS) is 14.9. The lowest BCUT2D eigenvalue weighted by Crippen LogP contribution is -2.38. The minimum atomic E-state index is -0.728. The number of non-ortho nitro benzene ring substituents is 1. The van der Waals surface area contributed by atoms with Crippen LogP contribution in [-0.2, 0) is 0 Å². The van der Waals surface area contributed by atoms with Crippen molar-refractivity contribution >= 4 is 11.3 Å². The van der Waals surface area contributed by atoms with Crippen LogP contribution in [0.5, 0.6) is 23.0 Å². The van der Waals surface area contributed by atoms with E-state index in [0.717, 1.165) is 24.1 Å². The molecule has 32 heavy (non-hydrogen) atoms. The van der Waals surface area contributed by atoms with Gasteiger partial charge in [-0.25, -0.2) is 0 Å². The molecule has 0 saturated heterocycles. The van der Waals surface area contributed by atoms with Gasteiger partial charge in [-0.3, -0.25) is 15.0 Å². The van der Waals surface area contributed by atoms with Gasteiger partial charge in [-0.2, -0.15) is 0 Å². The summed E-state index contributed by atoms with van der Waals surface area (Å²) in [4.78, 5) is 12.5. The van der Waals surface area contributed by atoms with Crippen molar-refractivity contribution < 1.29 is 29.0 Å². The maximum absolute atomic E-state index is 10.9. The zero-order valence-corrected chi connectivity index (χ0v) is 18.4. The first kappa shape index (κ1) is 23.4. The molecule has 0 spiro atoms. The number of hydrogen-bond donors (Lipinski definition) is 1. The van der Waals surface area contributed by atoms with Crippen molar-refractivity contribution in [2.45, 2.75) is 12.5 Å². The van der Waals surface area contributed by atoms with E-state index in [-0.39, 0.29) is 12.3 Å². The van der Waals surface area contributed by atoms with Crippen molar-refractivity contribution in [2.75, 3.05) is 47.6 Å². The molecule has 1 aliphatic rings. The molecule has 1 atom stereocenters. The van der Waals surface area contributed by atoms with E-state index < -0.39 is 11.0 Å². The standard InChI is InChI=1S/C23H28N2O7/c1-29-20-12-21(30-2)23(22(13-20)31-3)16-7-9-24(10-8-16)14-18(26)15-32-19-6-4-5-17(11-19)25(27)28/h4-7,11-13,18,26H,8-10,14-15H2,1-3H3. The van der Waals surface area contributed by atoms with Gasteiger partial charge in [0.15, 0.2) is 0 Å². The number of aliphatic hydroxyl groups is 1. The van der Waals surface area contributed by atoms with E-state index in [0.29, 0.717) is 36.1 Å². The molecule has 172 valence electrons. The number of nitro benzene ring substituents is 1. The Labute approximate surface area is 186 Å². The van der Waals surface area contributed by atoms with E-state index in [4.69, 9.17) is 18.9 Å². The van der Waals surface area contributed by atoms with Crippen LogP contribution in [0.15, 0.2) is 42.5 Å². The number of benzene rings is 2. The monoisotopic (exact) mass is 444 g/mol. The van der Waals surface area contributed by atoms with Crippen molar-refractivity contribution in [1.29, 1.82) is 0 Å². The summed E-state index contributed by atoms with van der Waals surface area (Å²) < 4.78 is 22.0. The molecule has 0 aliphatic carbocycles. The van der Waals surface area contributed by atoms with Crippen molar-refractivity contribution in [3.05, 3.63) is 58.2 Å². The Hall–Kier alpha value is -3.30. The molecule has 1 aliphatic heterocycles. The predicted octanol–water partition coefficient (Wildman–Crippen LogP) is 3.15. The highest BCUT2D eigenvalue weighted by Gasteiger charge is 2.22. The topological polar surface area (TPSA) is 104 Å². The van der Waals surface area contributed by atoms with Crippen LogP contribution in [0.1, 0.15) is 12.0 Å². The third-order valence-electron chi connectivity index (χ3n) is 5.27. The molecule has 0 bridgehead atoms. The van der Waals surface area contributed by atoms with Crippen LogP contribution in [0.25, 0.3) is 5.57 Å². The summed E-state index contributed by atoms with van der Waals surface area (Å²) in [6.45, 7) is 1.88. The Balaban J connectivity index is 1.60. The van der Waals surface area contributed by atoms with Crippen molar-refractivity contribution in [3.63, 3.8) is 0 Å². The molecule has 0 saturated carbocycles. The molecule has 9 nitrogen and oxygen atoms in total. The summed E-state index contributed by atoms with van der Waals surface area (Å²) in [6.07, 6.45) is 2.14. The van der Waals surface area contributed by atoms with Gasteiger partial charge in [0.25, 0.3) is 5.69 Å². The van der Waals surface area contributed by atoms with Crippen LogP contribution in [0, 0.1) is 10.1 Å². The molecule has 1 unspecified atom stereocenters. The van der Waals surface area contributed by atoms with Crippen molar-refractivity contribution in [1.82, 2.24) is 4.90 Å². The number of methoxy groups -OCH3 is 3. The molecule has 9 heteroatoms. The van der Waals surface area contributed by atoms with Crippen LogP contribution >= 0.6 is 0 Å². The Kier molecular flexibility index (Phi) is 7.91. The summed E-state index contributed by atoms with van der Waals surface area (Å²) in [5.41, 5.74) is 1.97. The SMILES string of the molecule is COc1cc(OC)c(C2=CCN(CC(O)COc3cccc([N+](=O)[O-])c3)CC2)c(OC)c1. The lowest BCUT2D eigenvalue weighted by molar-refractivity contribution is -0.384. The molecule has 2 aromatic carbocycles. The average molecular weight is 444 g/mol. The highest BCUT2D eigenvalue weighted by Crippen LogP contribution is 2.40. The second-order valence-electron chi connectivity index (χ2n) is 7.37. The Morgan fingerprint density at radius 1 is 1.09 bits per heavy atom. The third kappa shape index (κ3) is 5.68. The predicted molar refractivity (Wildman–Crippen MR) is 120 cm³/mol. The minimum absolute atomic E-state index is 0.0462. The minimum Gasteiger partial charge on any atom is -0.496 e. The van der Waals surface area contributed by atoms with Gasteiger partial charge in [0.05, 0.1) is 37.9 Å². The summed E-state index contributed by atoms with van der Waals surface area (Å²) in [6, 6.07) is 9.59. The average Bonchev–Trinajstić information content (AvgIpc) is 2.82. The lowest BCUT2D eigenvalue weighted by Gasteiger charge is -2.29. The van der Waals surface area contributed by atoms with Crippen LogP contribution in [0.2, 0.25) is 0 Å². The summed E-state index contributed by atoms with van der Waals surface area (Å²) >= 11 is 0. The highest BCUT2D eigenvalue weighted by atomic mass is 16.6. The number of β-amino-alcohol motifs (C(OH)–C–C–N with tert-alkyl or cyclic N) is 1. The first-order valence-electron chi connectivity index (χ1n) is 10.2. The maximum atomic E-state index is 10.9. The summed E-state index contributed by atoms with van der Waals surface area (Å²) in [5.74, 6) is 2.39. The number of hydrogen-bond acceptors (Lipinski definition) is 8. The largest absolute Gasteiger partial charge is 0.496 e. The molecule has 0 radical (unpaired) electrons. The van der Waals surface area contributed by atoms with E-state index in [2.05, 4.69) is 11.0 Å². The van der Waals surface area contributed by atoms with Crippen LogP contribution in [0.3, 0.4) is 0 Å². The quantitative estimate of drug-likeness (QED) is 0.440. The second kappa shape index (κ2) is 10.8. The van der Waals surface area contributed by atoms with E-state index in [1.165, 1.54) is 12.1 Å². The summed E-state index contributed by atoms with van der Waals surface area (Å²) in [7, 11) is 4.83. The summed E-state index contributed by atoms with van der Waals surface area (Å²) in [5, 5.41) is 21.2. The first-order valence-corrected chi connectivity index (χ1v) is 10.2. The molecule has 1 heterocycles. The van der Waals surface area contributed by atoms with Gasteiger partial charge in [-0.15, -0.1) is 0 Å². The third-order valence-corrected chi connectivity index (χ3v) is 5.27. The Morgan fingerprint density at radius 3 is 2.38 bits per heavy atom. The second-order valence-corrected chi connectivity index (χ2v) is 7.37. The smallest absolute Gasteiger partial charge is 0.273 e. The van der Waals surface area contributed by atoms with Crippen LogP contribution < -0.4 is 18.9 Å². The van der Waals surface area contributed by atoms with Gasteiger partial charge in [0.1, 0.15) is 35.7 Å². The fourth-order valence-corrected chi connectivity index (χ4v) is 3.66. The fraction of sp³-hybridized carbons (Fsp3) is 0.391. The van der Waals surface area contributed by atoms with Crippen LogP contribution in [-0.4, -0.2) is 68.6 Å². The molecule has 2 aromatic rings. The van der Waals surface area contributed by atoms with E-state index in [9.17, 15) is 15.2 Å². The van der Waals surface area contributed by atoms with E-state index >= 15 is 0 Å². The number of rotatable bonds is 10. The molecule has 0 aromatic heterocycles.